The molecule has 4 heteroatoms. The van der Waals surface area contributed by atoms with Gasteiger partial charge in [-0.2, -0.15) is 0 Å². The third kappa shape index (κ3) is 4.37. The quantitative estimate of drug-likeness (QED) is 0.338. The average Bonchev–Trinajstić information content (AvgIpc) is 2.68. The predicted molar refractivity (Wildman–Crippen MR) is 116 cm³/mol. The third-order valence-corrected chi connectivity index (χ3v) is 6.01. The van der Waals surface area contributed by atoms with Crippen molar-refractivity contribution in [3.05, 3.63) is 94.0 Å². The normalized spacial score (nSPS) is 11.0. The van der Waals surface area contributed by atoms with Crippen molar-refractivity contribution >= 4 is 25.4 Å². The molecular weight excluding hydrogens is 367 g/mol. The molecule has 3 nitrogen and oxygen atoms in total. The van der Waals surface area contributed by atoms with Gasteiger partial charge in [-0.25, -0.2) is 4.79 Å². The maximum absolute atomic E-state index is 12.9. The molecule has 0 saturated heterocycles. The molecule has 0 aliphatic heterocycles. The van der Waals surface area contributed by atoms with Crippen LogP contribution in [0.4, 0.5) is 0 Å². The summed E-state index contributed by atoms with van der Waals surface area (Å²) >= 11 is 0. The molecule has 0 bridgehead atoms. The smallest absolute Gasteiger partial charge is 0.343 e. The fourth-order valence-electron chi connectivity index (χ4n) is 3.17. The largest absolute Gasteiger partial charge is 0.423 e. The summed E-state index contributed by atoms with van der Waals surface area (Å²) in [5.41, 5.74) is 5.91. The van der Waals surface area contributed by atoms with Crippen molar-refractivity contribution in [3.8, 4) is 5.75 Å². The number of ether oxygens (including phenoxy) is 1. The molecule has 0 N–H and O–H groups in total. The molecule has 0 saturated carbocycles. The molecule has 3 aromatic rings. The first kappa shape index (κ1) is 20.0. The molecule has 0 aliphatic carbocycles. The second-order valence-corrected chi connectivity index (χ2v) is 8.15. The molecule has 3 rings (SSSR count). The lowest BCUT2D eigenvalue weighted by molar-refractivity contribution is 0.0734. The predicted octanol–water partition coefficient (Wildman–Crippen LogP) is 5.28. The van der Waals surface area contributed by atoms with E-state index < -0.39 is 5.97 Å². The van der Waals surface area contributed by atoms with Crippen LogP contribution in [-0.2, 0) is 0 Å². The highest BCUT2D eigenvalue weighted by Crippen LogP contribution is 2.28. The Labute approximate surface area is 167 Å². The molecule has 0 heterocycles. The van der Waals surface area contributed by atoms with E-state index in [1.165, 1.54) is 11.1 Å². The van der Waals surface area contributed by atoms with Gasteiger partial charge >= 0.3 is 5.97 Å². The van der Waals surface area contributed by atoms with Gasteiger partial charge in [0.15, 0.2) is 5.52 Å². The number of carbonyl (C=O) groups is 2. The van der Waals surface area contributed by atoms with E-state index in [0.29, 0.717) is 11.3 Å². The van der Waals surface area contributed by atoms with Gasteiger partial charge in [0.25, 0.3) is 0 Å². The highest BCUT2D eigenvalue weighted by atomic mass is 31.1. The summed E-state index contributed by atoms with van der Waals surface area (Å²) < 4.78 is 5.39. The van der Waals surface area contributed by atoms with Crippen LogP contribution in [0.15, 0.2) is 60.7 Å². The number of hydrogen-bond donors (Lipinski definition) is 0. The molecule has 28 heavy (non-hydrogen) atoms. The third-order valence-electron chi connectivity index (χ3n) is 4.92. The van der Waals surface area contributed by atoms with Crippen LogP contribution in [0.25, 0.3) is 0 Å². The van der Waals surface area contributed by atoms with E-state index >= 15 is 0 Å². The van der Waals surface area contributed by atoms with Gasteiger partial charge in [0.2, 0.25) is 0 Å². The first-order chi connectivity index (χ1) is 13.4. The fourth-order valence-corrected chi connectivity index (χ4v) is 4.28. The Morgan fingerprint density at radius 3 is 2.07 bits per heavy atom. The van der Waals surface area contributed by atoms with Crippen molar-refractivity contribution in [3.63, 3.8) is 0 Å². The summed E-state index contributed by atoms with van der Waals surface area (Å²) in [6.45, 7) is 8.13. The molecule has 1 unspecified atom stereocenters. The van der Waals surface area contributed by atoms with Gasteiger partial charge < -0.3 is 4.74 Å². The Hall–Kier alpha value is -2.77. The second-order valence-electron chi connectivity index (χ2n) is 6.87. The van der Waals surface area contributed by atoms with Gasteiger partial charge in [0.1, 0.15) is 5.75 Å². The van der Waals surface area contributed by atoms with E-state index in [9.17, 15) is 9.59 Å². The minimum Gasteiger partial charge on any atom is -0.423 e. The van der Waals surface area contributed by atoms with Crippen molar-refractivity contribution in [1.29, 1.82) is 0 Å². The number of esters is 1. The SMILES string of the molecule is Cc1cc(C)c(C(=O)Pc2ccc(OC(=O)c3ccccc3)cc2)c(C)c1C. The zero-order chi connectivity index (χ0) is 20.3. The molecule has 0 fully saturated rings. The van der Waals surface area contributed by atoms with Gasteiger partial charge in [-0.15, -0.1) is 0 Å². The van der Waals surface area contributed by atoms with Crippen LogP contribution in [-0.4, -0.2) is 11.5 Å². The van der Waals surface area contributed by atoms with Gasteiger partial charge in [-0.05, 0) is 88.1 Å². The number of aryl methyl sites for hydroxylation is 2. The Morgan fingerprint density at radius 1 is 0.786 bits per heavy atom. The maximum atomic E-state index is 12.9. The summed E-state index contributed by atoms with van der Waals surface area (Å²) in [5.74, 6) is 0.0710. The Bertz CT molecular complexity index is 1020. The Balaban J connectivity index is 1.72. The number of hydrogen-bond acceptors (Lipinski definition) is 3. The lowest BCUT2D eigenvalue weighted by Crippen LogP contribution is -2.09. The van der Waals surface area contributed by atoms with E-state index in [0.717, 1.165) is 22.0 Å². The minimum atomic E-state index is -0.395. The van der Waals surface area contributed by atoms with Crippen LogP contribution >= 0.6 is 8.58 Å². The highest BCUT2D eigenvalue weighted by Gasteiger charge is 2.16. The lowest BCUT2D eigenvalue weighted by Gasteiger charge is -2.14. The molecule has 3 aromatic carbocycles. The molecule has 0 radical (unpaired) electrons. The topological polar surface area (TPSA) is 43.4 Å². The van der Waals surface area contributed by atoms with E-state index in [-0.39, 0.29) is 14.1 Å². The van der Waals surface area contributed by atoms with E-state index in [1.807, 2.05) is 32.0 Å². The number of carbonyl (C=O) groups excluding carboxylic acids is 2. The molecule has 0 spiro atoms. The molecular formula is C24H23O3P. The van der Waals surface area contributed by atoms with E-state index in [4.69, 9.17) is 4.74 Å². The standard InChI is InChI=1S/C24H23O3P/c1-15-14-16(2)22(18(4)17(15)3)24(26)28-21-12-10-20(11-13-21)27-23(25)19-8-6-5-7-9-19/h5-14,28H,1-4H3. The molecule has 0 aromatic heterocycles. The van der Waals surface area contributed by atoms with E-state index in [1.54, 1.807) is 36.4 Å². The number of rotatable bonds is 5. The van der Waals surface area contributed by atoms with Gasteiger partial charge in [0, 0.05) is 5.56 Å². The van der Waals surface area contributed by atoms with Crippen molar-refractivity contribution < 1.29 is 14.3 Å². The summed E-state index contributed by atoms with van der Waals surface area (Å²) in [7, 11) is 0.0274. The average molecular weight is 390 g/mol. The Kier molecular flexibility index (Phi) is 6.06. The first-order valence-corrected chi connectivity index (χ1v) is 10.1. The Morgan fingerprint density at radius 2 is 1.43 bits per heavy atom. The van der Waals surface area contributed by atoms with Crippen LogP contribution in [0.2, 0.25) is 0 Å². The monoisotopic (exact) mass is 390 g/mol. The van der Waals surface area contributed by atoms with Gasteiger partial charge in [0.05, 0.1) is 5.56 Å². The van der Waals surface area contributed by atoms with Crippen molar-refractivity contribution in [1.82, 2.24) is 0 Å². The van der Waals surface area contributed by atoms with Crippen molar-refractivity contribution in [2.75, 3.05) is 0 Å². The highest BCUT2D eigenvalue weighted by molar-refractivity contribution is 7.66. The number of benzene rings is 3. The van der Waals surface area contributed by atoms with Gasteiger partial charge in [-0.1, -0.05) is 36.4 Å². The molecule has 0 aliphatic rings. The van der Waals surface area contributed by atoms with E-state index in [2.05, 4.69) is 19.9 Å². The van der Waals surface area contributed by atoms with Crippen LogP contribution < -0.4 is 10.0 Å². The second kappa shape index (κ2) is 8.50. The summed E-state index contributed by atoms with van der Waals surface area (Å²) in [6, 6.07) is 18.1. The molecule has 0 amide bonds. The summed E-state index contributed by atoms with van der Waals surface area (Å²) in [5, 5.41) is 0.918. The first-order valence-electron chi connectivity index (χ1n) is 9.13. The fraction of sp³-hybridized carbons (Fsp3) is 0.167. The zero-order valence-corrected chi connectivity index (χ0v) is 17.5. The van der Waals surface area contributed by atoms with Gasteiger partial charge in [-0.3, -0.25) is 4.79 Å². The maximum Gasteiger partial charge on any atom is 0.343 e. The zero-order valence-electron chi connectivity index (χ0n) is 16.5. The van der Waals surface area contributed by atoms with Crippen LogP contribution in [0.5, 0.6) is 5.75 Å². The van der Waals surface area contributed by atoms with Crippen molar-refractivity contribution in [2.45, 2.75) is 27.7 Å². The van der Waals surface area contributed by atoms with Crippen molar-refractivity contribution in [2.24, 2.45) is 0 Å². The van der Waals surface area contributed by atoms with Crippen LogP contribution in [0.1, 0.15) is 43.0 Å². The van der Waals surface area contributed by atoms with Crippen LogP contribution in [0, 0.1) is 27.7 Å². The minimum absolute atomic E-state index is 0.0274. The van der Waals surface area contributed by atoms with Crippen LogP contribution in [0.3, 0.4) is 0 Å². The lowest BCUT2D eigenvalue weighted by atomic mass is 9.95. The molecule has 142 valence electrons. The summed E-state index contributed by atoms with van der Waals surface area (Å²) in [4.78, 5) is 25.0. The summed E-state index contributed by atoms with van der Waals surface area (Å²) in [6.07, 6.45) is 0. The molecule has 1 atom stereocenters.